The van der Waals surface area contributed by atoms with Gasteiger partial charge in [0, 0.05) is 0 Å². The number of ether oxygens (including phenoxy) is 3. The first-order valence-electron chi connectivity index (χ1n) is 6.15. The SMILES string of the molecule is COc1cc(C(=O)Oc2ccccc2OC)ccc1C. The predicted molar refractivity (Wildman–Crippen MR) is 75.7 cm³/mol. The maximum atomic E-state index is 12.1. The number of hydrogen-bond donors (Lipinski definition) is 0. The first-order valence-corrected chi connectivity index (χ1v) is 6.15. The summed E-state index contributed by atoms with van der Waals surface area (Å²) in [6.45, 7) is 1.91. The Kier molecular flexibility index (Phi) is 4.25. The monoisotopic (exact) mass is 272 g/mol. The molecule has 20 heavy (non-hydrogen) atoms. The van der Waals surface area contributed by atoms with Gasteiger partial charge in [0.25, 0.3) is 0 Å². The van der Waals surface area contributed by atoms with Gasteiger partial charge in [-0.1, -0.05) is 18.2 Å². The Morgan fingerprint density at radius 2 is 1.55 bits per heavy atom. The zero-order chi connectivity index (χ0) is 14.5. The number of aryl methyl sites for hydroxylation is 1. The van der Waals surface area contributed by atoms with Crippen molar-refractivity contribution in [3.05, 3.63) is 53.6 Å². The van der Waals surface area contributed by atoms with Crippen molar-refractivity contribution < 1.29 is 19.0 Å². The van der Waals surface area contributed by atoms with Crippen LogP contribution in [0.25, 0.3) is 0 Å². The standard InChI is InChI=1S/C16H16O4/c1-11-8-9-12(10-15(11)19-3)16(17)20-14-7-5-4-6-13(14)18-2/h4-10H,1-3H3. The Balaban J connectivity index is 2.24. The molecule has 0 aliphatic rings. The van der Waals surface area contributed by atoms with Crippen LogP contribution in [0, 0.1) is 6.92 Å². The lowest BCUT2D eigenvalue weighted by Crippen LogP contribution is -2.09. The van der Waals surface area contributed by atoms with Crippen LogP contribution in [0.4, 0.5) is 0 Å². The normalized spacial score (nSPS) is 9.95. The highest BCUT2D eigenvalue weighted by Gasteiger charge is 2.13. The van der Waals surface area contributed by atoms with Crippen molar-refractivity contribution in [1.82, 2.24) is 0 Å². The molecule has 4 nitrogen and oxygen atoms in total. The number of carbonyl (C=O) groups excluding carboxylic acids is 1. The van der Waals surface area contributed by atoms with Gasteiger partial charge in [0.05, 0.1) is 19.8 Å². The maximum Gasteiger partial charge on any atom is 0.343 e. The molecule has 0 saturated carbocycles. The van der Waals surface area contributed by atoms with Crippen LogP contribution >= 0.6 is 0 Å². The molecule has 0 unspecified atom stereocenters. The fourth-order valence-electron chi connectivity index (χ4n) is 1.81. The minimum absolute atomic E-state index is 0.388. The Morgan fingerprint density at radius 1 is 0.900 bits per heavy atom. The first kappa shape index (κ1) is 13.9. The average molecular weight is 272 g/mol. The molecule has 2 aromatic carbocycles. The third-order valence-electron chi connectivity index (χ3n) is 2.92. The number of para-hydroxylation sites is 2. The molecule has 2 aromatic rings. The van der Waals surface area contributed by atoms with Crippen molar-refractivity contribution in [1.29, 1.82) is 0 Å². The summed E-state index contributed by atoms with van der Waals surface area (Å²) in [5.74, 6) is 1.10. The van der Waals surface area contributed by atoms with E-state index in [1.54, 1.807) is 37.4 Å². The fourth-order valence-corrected chi connectivity index (χ4v) is 1.81. The summed E-state index contributed by atoms with van der Waals surface area (Å²) in [6, 6.07) is 12.2. The largest absolute Gasteiger partial charge is 0.496 e. The average Bonchev–Trinajstić information content (AvgIpc) is 2.48. The van der Waals surface area contributed by atoms with Crippen molar-refractivity contribution in [3.63, 3.8) is 0 Å². The van der Waals surface area contributed by atoms with Crippen LogP contribution in [0.15, 0.2) is 42.5 Å². The Bertz CT molecular complexity index is 620. The second-order valence-electron chi connectivity index (χ2n) is 4.22. The van der Waals surface area contributed by atoms with E-state index in [1.807, 2.05) is 19.1 Å². The van der Waals surface area contributed by atoms with Gasteiger partial charge in [-0.15, -0.1) is 0 Å². The second-order valence-corrected chi connectivity index (χ2v) is 4.22. The quantitative estimate of drug-likeness (QED) is 0.633. The third kappa shape index (κ3) is 2.91. The minimum atomic E-state index is -0.451. The van der Waals surface area contributed by atoms with Gasteiger partial charge in [-0.25, -0.2) is 4.79 Å². The molecule has 4 heteroatoms. The van der Waals surface area contributed by atoms with Gasteiger partial charge in [-0.3, -0.25) is 0 Å². The predicted octanol–water partition coefficient (Wildman–Crippen LogP) is 3.23. The highest BCUT2D eigenvalue weighted by Crippen LogP contribution is 2.27. The molecule has 2 rings (SSSR count). The van der Waals surface area contributed by atoms with E-state index in [9.17, 15) is 4.79 Å². The highest BCUT2D eigenvalue weighted by atomic mass is 16.6. The van der Waals surface area contributed by atoms with E-state index in [4.69, 9.17) is 14.2 Å². The summed E-state index contributed by atoms with van der Waals surface area (Å²) in [4.78, 5) is 12.1. The number of rotatable bonds is 4. The van der Waals surface area contributed by atoms with Crippen LogP contribution in [0.2, 0.25) is 0 Å². The van der Waals surface area contributed by atoms with Crippen LogP contribution in [-0.4, -0.2) is 20.2 Å². The smallest absolute Gasteiger partial charge is 0.343 e. The molecule has 0 heterocycles. The summed E-state index contributed by atoms with van der Waals surface area (Å²) in [7, 11) is 3.10. The summed E-state index contributed by atoms with van der Waals surface area (Å²) in [5, 5.41) is 0. The number of hydrogen-bond acceptors (Lipinski definition) is 4. The molecule has 0 aromatic heterocycles. The number of carbonyl (C=O) groups is 1. The molecule has 0 bridgehead atoms. The lowest BCUT2D eigenvalue weighted by Gasteiger charge is -2.10. The van der Waals surface area contributed by atoms with Gasteiger partial charge in [0.15, 0.2) is 11.5 Å². The highest BCUT2D eigenvalue weighted by molar-refractivity contribution is 5.92. The Hall–Kier alpha value is -2.49. The molecule has 0 aliphatic carbocycles. The first-order chi connectivity index (χ1) is 9.65. The third-order valence-corrected chi connectivity index (χ3v) is 2.92. The fraction of sp³-hybridized carbons (Fsp3) is 0.188. The van der Waals surface area contributed by atoms with Crippen LogP contribution < -0.4 is 14.2 Å². The lowest BCUT2D eigenvalue weighted by atomic mass is 10.1. The summed E-state index contributed by atoms with van der Waals surface area (Å²) in [6.07, 6.45) is 0. The molecule has 0 spiro atoms. The van der Waals surface area contributed by atoms with Crippen molar-refractivity contribution in [2.45, 2.75) is 6.92 Å². The van der Waals surface area contributed by atoms with Crippen LogP contribution in [0.5, 0.6) is 17.2 Å². The zero-order valence-electron chi connectivity index (χ0n) is 11.7. The topological polar surface area (TPSA) is 44.8 Å². The molecule has 0 radical (unpaired) electrons. The zero-order valence-corrected chi connectivity index (χ0v) is 11.7. The maximum absolute atomic E-state index is 12.1. The molecule has 0 saturated heterocycles. The minimum Gasteiger partial charge on any atom is -0.496 e. The van der Waals surface area contributed by atoms with Crippen LogP contribution in [-0.2, 0) is 0 Å². The van der Waals surface area contributed by atoms with Gasteiger partial charge in [0.1, 0.15) is 5.75 Å². The molecule has 0 atom stereocenters. The Labute approximate surface area is 117 Å². The van der Waals surface area contributed by atoms with Crippen molar-refractivity contribution in [2.24, 2.45) is 0 Å². The van der Waals surface area contributed by atoms with E-state index in [0.29, 0.717) is 22.8 Å². The van der Waals surface area contributed by atoms with E-state index in [-0.39, 0.29) is 0 Å². The van der Waals surface area contributed by atoms with Gasteiger partial charge in [0.2, 0.25) is 0 Å². The molecule has 0 amide bonds. The summed E-state index contributed by atoms with van der Waals surface area (Å²) in [5.41, 5.74) is 1.39. The molecule has 0 fully saturated rings. The van der Waals surface area contributed by atoms with Gasteiger partial charge in [-0.2, -0.15) is 0 Å². The van der Waals surface area contributed by atoms with E-state index < -0.39 is 5.97 Å². The molecular weight excluding hydrogens is 256 g/mol. The van der Waals surface area contributed by atoms with E-state index in [2.05, 4.69) is 0 Å². The lowest BCUT2D eigenvalue weighted by molar-refractivity contribution is 0.0729. The molecular formula is C16H16O4. The van der Waals surface area contributed by atoms with Gasteiger partial charge >= 0.3 is 5.97 Å². The summed E-state index contributed by atoms with van der Waals surface area (Å²) >= 11 is 0. The van der Waals surface area contributed by atoms with E-state index in [0.717, 1.165) is 5.56 Å². The van der Waals surface area contributed by atoms with Gasteiger partial charge < -0.3 is 14.2 Å². The van der Waals surface area contributed by atoms with Crippen LogP contribution in [0.1, 0.15) is 15.9 Å². The van der Waals surface area contributed by atoms with Crippen molar-refractivity contribution in [2.75, 3.05) is 14.2 Å². The van der Waals surface area contributed by atoms with Crippen LogP contribution in [0.3, 0.4) is 0 Å². The molecule has 104 valence electrons. The molecule has 0 aliphatic heterocycles. The van der Waals surface area contributed by atoms with E-state index >= 15 is 0 Å². The molecule has 0 N–H and O–H groups in total. The number of methoxy groups -OCH3 is 2. The summed E-state index contributed by atoms with van der Waals surface area (Å²) < 4.78 is 15.7. The number of esters is 1. The second kappa shape index (κ2) is 6.10. The number of benzene rings is 2. The Morgan fingerprint density at radius 3 is 2.20 bits per heavy atom. The van der Waals surface area contributed by atoms with Gasteiger partial charge in [-0.05, 0) is 36.8 Å². The van der Waals surface area contributed by atoms with Crippen molar-refractivity contribution >= 4 is 5.97 Å². The van der Waals surface area contributed by atoms with Crippen molar-refractivity contribution in [3.8, 4) is 17.2 Å². The van der Waals surface area contributed by atoms with E-state index in [1.165, 1.54) is 7.11 Å².